The molecular formula is C12H18F3NOS. The van der Waals surface area contributed by atoms with Crippen molar-refractivity contribution in [2.75, 3.05) is 0 Å². The van der Waals surface area contributed by atoms with Gasteiger partial charge in [-0.05, 0) is 6.42 Å². The van der Waals surface area contributed by atoms with Crippen LogP contribution in [0.4, 0.5) is 13.2 Å². The van der Waals surface area contributed by atoms with Crippen LogP contribution in [0, 0.1) is 0 Å². The van der Waals surface area contributed by atoms with Crippen molar-refractivity contribution in [1.82, 2.24) is 4.98 Å². The van der Waals surface area contributed by atoms with Gasteiger partial charge in [-0.2, -0.15) is 13.2 Å². The zero-order valence-corrected chi connectivity index (χ0v) is 11.2. The maximum absolute atomic E-state index is 12.3. The number of aliphatic hydroxyl groups excluding tert-OH is 1. The Labute approximate surface area is 109 Å². The van der Waals surface area contributed by atoms with E-state index in [2.05, 4.69) is 11.9 Å². The summed E-state index contributed by atoms with van der Waals surface area (Å²) < 4.78 is 37.0. The summed E-state index contributed by atoms with van der Waals surface area (Å²) in [6, 6.07) is 0. The van der Waals surface area contributed by atoms with Crippen molar-refractivity contribution >= 4 is 11.3 Å². The molecular weight excluding hydrogens is 263 g/mol. The zero-order chi connectivity index (χ0) is 13.6. The van der Waals surface area contributed by atoms with Crippen LogP contribution in [0.1, 0.15) is 61.4 Å². The van der Waals surface area contributed by atoms with Crippen molar-refractivity contribution in [2.45, 2.75) is 57.7 Å². The second-order valence-electron chi connectivity index (χ2n) is 4.28. The molecule has 1 unspecified atom stereocenters. The van der Waals surface area contributed by atoms with Gasteiger partial charge in [0, 0.05) is 6.20 Å². The predicted molar refractivity (Wildman–Crippen MR) is 65.5 cm³/mol. The van der Waals surface area contributed by atoms with Crippen LogP contribution in [-0.4, -0.2) is 10.1 Å². The van der Waals surface area contributed by atoms with E-state index >= 15 is 0 Å². The Balaban J connectivity index is 2.37. The third-order valence-electron chi connectivity index (χ3n) is 2.68. The Morgan fingerprint density at radius 3 is 2.50 bits per heavy atom. The van der Waals surface area contributed by atoms with Gasteiger partial charge in [-0.3, -0.25) is 0 Å². The molecule has 0 aliphatic rings. The normalized spacial score (nSPS) is 13.8. The van der Waals surface area contributed by atoms with E-state index in [-0.39, 0.29) is 0 Å². The lowest BCUT2D eigenvalue weighted by Crippen LogP contribution is -2.03. The summed E-state index contributed by atoms with van der Waals surface area (Å²) in [6.07, 6.45) is 1.66. The van der Waals surface area contributed by atoms with Gasteiger partial charge in [-0.25, -0.2) is 4.98 Å². The number of unbranched alkanes of at least 4 members (excludes halogenated alkanes) is 4. The molecule has 0 aliphatic heterocycles. The average molecular weight is 281 g/mol. The lowest BCUT2D eigenvalue weighted by atomic mass is 10.1. The maximum Gasteiger partial charge on any atom is 0.443 e. The van der Waals surface area contributed by atoms with E-state index < -0.39 is 17.3 Å². The monoisotopic (exact) mass is 281 g/mol. The molecule has 0 aromatic carbocycles. The average Bonchev–Trinajstić information content (AvgIpc) is 2.77. The molecule has 2 nitrogen and oxygen atoms in total. The van der Waals surface area contributed by atoms with Crippen molar-refractivity contribution in [2.24, 2.45) is 0 Å². The molecule has 0 saturated carbocycles. The highest BCUT2D eigenvalue weighted by Gasteiger charge is 2.35. The summed E-state index contributed by atoms with van der Waals surface area (Å²) in [7, 11) is 0. The second-order valence-corrected chi connectivity index (χ2v) is 5.35. The first-order valence-electron chi connectivity index (χ1n) is 6.16. The van der Waals surface area contributed by atoms with Crippen molar-refractivity contribution in [3.63, 3.8) is 0 Å². The maximum atomic E-state index is 12.3. The fourth-order valence-electron chi connectivity index (χ4n) is 1.66. The van der Waals surface area contributed by atoms with Crippen LogP contribution in [0.25, 0.3) is 0 Å². The molecule has 1 heterocycles. The summed E-state index contributed by atoms with van der Waals surface area (Å²) in [6.45, 7) is 2.12. The summed E-state index contributed by atoms with van der Waals surface area (Å²) >= 11 is 0.530. The molecule has 0 aliphatic carbocycles. The number of thiazole rings is 1. The molecule has 0 bridgehead atoms. The molecule has 0 radical (unpaired) electrons. The highest BCUT2D eigenvalue weighted by molar-refractivity contribution is 7.11. The number of aliphatic hydroxyl groups is 1. The first-order valence-corrected chi connectivity index (χ1v) is 6.97. The highest BCUT2D eigenvalue weighted by Crippen LogP contribution is 2.35. The van der Waals surface area contributed by atoms with Crippen molar-refractivity contribution in [3.8, 4) is 0 Å². The van der Waals surface area contributed by atoms with Gasteiger partial charge in [0.05, 0.1) is 11.0 Å². The molecule has 1 aromatic rings. The minimum atomic E-state index is -4.41. The van der Waals surface area contributed by atoms with E-state index in [9.17, 15) is 18.3 Å². The van der Waals surface area contributed by atoms with Crippen LogP contribution in [-0.2, 0) is 6.18 Å². The van der Waals surface area contributed by atoms with Crippen LogP contribution < -0.4 is 0 Å². The van der Waals surface area contributed by atoms with E-state index in [1.807, 2.05) is 0 Å². The number of aromatic nitrogens is 1. The fourth-order valence-corrected chi connectivity index (χ4v) is 2.46. The molecule has 0 fully saturated rings. The number of rotatable bonds is 7. The number of nitrogens with zero attached hydrogens (tertiary/aromatic N) is 1. The molecule has 104 valence electrons. The highest BCUT2D eigenvalue weighted by atomic mass is 32.1. The Morgan fingerprint density at radius 2 is 1.94 bits per heavy atom. The predicted octanol–water partition coefficient (Wildman–Crippen LogP) is 4.56. The topological polar surface area (TPSA) is 33.1 Å². The van der Waals surface area contributed by atoms with Gasteiger partial charge in [0.1, 0.15) is 0 Å². The van der Waals surface area contributed by atoms with Gasteiger partial charge in [0.25, 0.3) is 0 Å². The van der Waals surface area contributed by atoms with E-state index in [1.54, 1.807) is 0 Å². The largest absolute Gasteiger partial charge is 0.443 e. The number of hydrogen-bond acceptors (Lipinski definition) is 3. The molecule has 1 aromatic heterocycles. The van der Waals surface area contributed by atoms with Crippen LogP contribution in [0.3, 0.4) is 0 Å². The zero-order valence-electron chi connectivity index (χ0n) is 10.3. The molecule has 6 heteroatoms. The Bertz CT molecular complexity index is 351. The first-order chi connectivity index (χ1) is 8.45. The number of hydrogen-bond donors (Lipinski definition) is 1. The summed E-state index contributed by atoms with van der Waals surface area (Å²) in [4.78, 5) is 3.60. The van der Waals surface area contributed by atoms with Crippen LogP contribution in [0.5, 0.6) is 0 Å². The van der Waals surface area contributed by atoms with Crippen LogP contribution >= 0.6 is 11.3 Å². The van der Waals surface area contributed by atoms with Gasteiger partial charge in [0.15, 0.2) is 5.01 Å². The minimum Gasteiger partial charge on any atom is -0.388 e. The Morgan fingerprint density at radius 1 is 1.28 bits per heavy atom. The first kappa shape index (κ1) is 15.4. The van der Waals surface area contributed by atoms with Crippen molar-refractivity contribution in [1.29, 1.82) is 0 Å². The molecule has 1 N–H and O–H groups in total. The lowest BCUT2D eigenvalue weighted by Gasteiger charge is -2.07. The lowest BCUT2D eigenvalue weighted by molar-refractivity contribution is -0.137. The molecule has 1 atom stereocenters. The van der Waals surface area contributed by atoms with Gasteiger partial charge >= 0.3 is 6.18 Å². The van der Waals surface area contributed by atoms with E-state index in [4.69, 9.17) is 0 Å². The summed E-state index contributed by atoms with van der Waals surface area (Å²) in [5.41, 5.74) is 0. The van der Waals surface area contributed by atoms with Crippen molar-refractivity contribution in [3.05, 3.63) is 16.1 Å². The SMILES string of the molecule is CCCCCCCC(O)c1cnc(C(F)(F)F)s1. The molecule has 1 rings (SSSR count). The Hall–Kier alpha value is -0.620. The summed E-state index contributed by atoms with van der Waals surface area (Å²) in [5, 5.41) is 8.87. The summed E-state index contributed by atoms with van der Waals surface area (Å²) in [5.74, 6) is 0. The second kappa shape index (κ2) is 7.09. The minimum absolute atomic E-state index is 0.304. The van der Waals surface area contributed by atoms with E-state index in [0.29, 0.717) is 22.6 Å². The van der Waals surface area contributed by atoms with Gasteiger partial charge in [0.2, 0.25) is 0 Å². The smallest absolute Gasteiger partial charge is 0.388 e. The Kier molecular flexibility index (Phi) is 6.08. The van der Waals surface area contributed by atoms with Crippen molar-refractivity contribution < 1.29 is 18.3 Å². The van der Waals surface area contributed by atoms with E-state index in [0.717, 1.165) is 38.3 Å². The standard InChI is InChI=1S/C12H18F3NOS/c1-2-3-4-5-6-7-9(17)10-8-16-11(18-10)12(13,14)15/h8-9,17H,2-7H2,1H3. The van der Waals surface area contributed by atoms with Gasteiger partial charge < -0.3 is 5.11 Å². The van der Waals surface area contributed by atoms with Gasteiger partial charge in [-0.15, -0.1) is 11.3 Å². The molecule has 0 spiro atoms. The molecule has 18 heavy (non-hydrogen) atoms. The van der Waals surface area contributed by atoms with Crippen LogP contribution in [0.2, 0.25) is 0 Å². The molecule has 0 amide bonds. The third kappa shape index (κ3) is 4.94. The quantitative estimate of drug-likeness (QED) is 0.743. The fraction of sp³-hybridized carbons (Fsp3) is 0.750. The van der Waals surface area contributed by atoms with Crippen LogP contribution in [0.15, 0.2) is 6.20 Å². The van der Waals surface area contributed by atoms with Gasteiger partial charge in [-0.1, -0.05) is 39.0 Å². The number of alkyl halides is 3. The van der Waals surface area contributed by atoms with E-state index in [1.165, 1.54) is 0 Å². The molecule has 0 saturated heterocycles. The number of halogens is 3. The third-order valence-corrected chi connectivity index (χ3v) is 3.82.